The molecule has 2 aromatic rings. The molecule has 0 radical (unpaired) electrons. The Bertz CT molecular complexity index is 962. The molecule has 0 amide bonds. The van der Waals surface area contributed by atoms with Crippen LogP contribution < -0.4 is 4.72 Å². The molecular formula is C19H21NO5S2. The van der Waals surface area contributed by atoms with Crippen molar-refractivity contribution >= 4 is 33.1 Å². The van der Waals surface area contributed by atoms with E-state index in [2.05, 4.69) is 4.72 Å². The molecule has 0 spiro atoms. The summed E-state index contributed by atoms with van der Waals surface area (Å²) < 4.78 is 31.9. The molecule has 27 heavy (non-hydrogen) atoms. The van der Waals surface area contributed by atoms with Crippen molar-refractivity contribution in [2.45, 2.75) is 37.5 Å². The fourth-order valence-corrected chi connectivity index (χ4v) is 4.78. The Labute approximate surface area is 162 Å². The van der Waals surface area contributed by atoms with E-state index >= 15 is 0 Å². The van der Waals surface area contributed by atoms with Gasteiger partial charge in [0.2, 0.25) is 15.8 Å². The first-order valence-corrected chi connectivity index (χ1v) is 11.0. The topological polar surface area (TPSA) is 89.5 Å². The Morgan fingerprint density at radius 3 is 2.56 bits per heavy atom. The summed E-state index contributed by atoms with van der Waals surface area (Å²) in [5.74, 6) is -1.10. The number of carbonyl (C=O) groups excluding carboxylic acids is 2. The van der Waals surface area contributed by atoms with E-state index in [-0.39, 0.29) is 10.7 Å². The second kappa shape index (κ2) is 8.33. The average Bonchev–Trinajstić information content (AvgIpc) is 3.10. The van der Waals surface area contributed by atoms with Crippen molar-refractivity contribution < 1.29 is 22.7 Å². The van der Waals surface area contributed by atoms with Crippen molar-refractivity contribution in [2.24, 2.45) is 0 Å². The van der Waals surface area contributed by atoms with Gasteiger partial charge in [-0.25, -0.2) is 8.42 Å². The maximum absolute atomic E-state index is 12.4. The second-order valence-corrected chi connectivity index (χ2v) is 9.51. The van der Waals surface area contributed by atoms with E-state index in [4.69, 9.17) is 4.74 Å². The number of fused-ring (bicyclic) bond motifs is 1. The minimum atomic E-state index is -3.81. The lowest BCUT2D eigenvalue weighted by atomic mass is 9.92. The zero-order valence-corrected chi connectivity index (χ0v) is 16.6. The minimum absolute atomic E-state index is 0.140. The number of ether oxygens (including phenoxy) is 1. The van der Waals surface area contributed by atoms with Crippen molar-refractivity contribution in [2.75, 3.05) is 13.2 Å². The molecular weight excluding hydrogens is 386 g/mol. The Kier molecular flexibility index (Phi) is 6.08. The summed E-state index contributed by atoms with van der Waals surface area (Å²) in [6, 6.07) is 8.55. The summed E-state index contributed by atoms with van der Waals surface area (Å²) >= 11 is 1.32. The van der Waals surface area contributed by atoms with Gasteiger partial charge in [0.05, 0.1) is 9.77 Å². The lowest BCUT2D eigenvalue weighted by Gasteiger charge is -2.16. The third-order valence-corrected chi connectivity index (χ3v) is 6.86. The SMILES string of the molecule is Cc1ccc(C(=O)COC(=O)CNS(=O)(=O)c2ccc3c(c2)CCCC3)s1. The number of benzene rings is 1. The average molecular weight is 408 g/mol. The molecule has 8 heteroatoms. The van der Waals surface area contributed by atoms with Gasteiger partial charge in [-0.2, -0.15) is 4.72 Å². The van der Waals surface area contributed by atoms with Crippen molar-refractivity contribution in [3.63, 3.8) is 0 Å². The van der Waals surface area contributed by atoms with Gasteiger partial charge in [-0.3, -0.25) is 9.59 Å². The van der Waals surface area contributed by atoms with Gasteiger partial charge in [0.1, 0.15) is 6.54 Å². The number of rotatable bonds is 7. The number of thiophene rings is 1. The van der Waals surface area contributed by atoms with E-state index < -0.39 is 29.1 Å². The van der Waals surface area contributed by atoms with Crippen LogP contribution in [0.4, 0.5) is 0 Å². The molecule has 0 aliphatic heterocycles. The molecule has 1 aromatic heterocycles. The number of ketones is 1. The van der Waals surface area contributed by atoms with Crippen LogP contribution in [0.25, 0.3) is 0 Å². The summed E-state index contributed by atoms with van der Waals surface area (Å²) in [5.41, 5.74) is 2.23. The smallest absolute Gasteiger partial charge is 0.321 e. The van der Waals surface area contributed by atoms with E-state index in [1.54, 1.807) is 18.2 Å². The number of carbonyl (C=O) groups is 2. The highest BCUT2D eigenvalue weighted by Gasteiger charge is 2.19. The minimum Gasteiger partial charge on any atom is -0.456 e. The molecule has 0 saturated heterocycles. The van der Waals surface area contributed by atoms with Crippen molar-refractivity contribution in [1.29, 1.82) is 0 Å². The lowest BCUT2D eigenvalue weighted by Crippen LogP contribution is -2.31. The quantitative estimate of drug-likeness (QED) is 0.563. The van der Waals surface area contributed by atoms with Gasteiger partial charge in [0.15, 0.2) is 6.61 Å². The molecule has 0 bridgehead atoms. The molecule has 1 aliphatic rings. The Balaban J connectivity index is 1.54. The predicted octanol–water partition coefficient (Wildman–Crippen LogP) is 2.64. The third kappa shape index (κ3) is 5.03. The predicted molar refractivity (Wildman–Crippen MR) is 103 cm³/mol. The van der Waals surface area contributed by atoms with Crippen LogP contribution >= 0.6 is 11.3 Å². The lowest BCUT2D eigenvalue weighted by molar-refractivity contribution is -0.141. The van der Waals surface area contributed by atoms with Crippen LogP contribution in [-0.4, -0.2) is 33.3 Å². The number of Topliss-reactive ketones (excluding diaryl/α,β-unsaturated/α-hetero) is 1. The van der Waals surface area contributed by atoms with Crippen LogP contribution in [0.5, 0.6) is 0 Å². The van der Waals surface area contributed by atoms with Crippen molar-refractivity contribution in [3.05, 3.63) is 51.2 Å². The molecule has 0 fully saturated rings. The Morgan fingerprint density at radius 2 is 1.85 bits per heavy atom. The highest BCUT2D eigenvalue weighted by Crippen LogP contribution is 2.24. The summed E-state index contributed by atoms with van der Waals surface area (Å²) in [6.45, 7) is 0.957. The van der Waals surface area contributed by atoms with Crippen LogP contribution in [0.3, 0.4) is 0 Å². The van der Waals surface area contributed by atoms with Crippen LogP contribution in [0.1, 0.15) is 38.5 Å². The van der Waals surface area contributed by atoms with E-state index in [1.165, 1.54) is 16.9 Å². The van der Waals surface area contributed by atoms with Crippen molar-refractivity contribution in [1.82, 2.24) is 4.72 Å². The highest BCUT2D eigenvalue weighted by atomic mass is 32.2. The van der Waals surface area contributed by atoms with Crippen LogP contribution in [0.15, 0.2) is 35.2 Å². The largest absolute Gasteiger partial charge is 0.456 e. The van der Waals surface area contributed by atoms with E-state index in [9.17, 15) is 18.0 Å². The molecule has 1 aromatic carbocycles. The molecule has 0 saturated carbocycles. The summed E-state index contributed by atoms with van der Waals surface area (Å²) in [5, 5.41) is 0. The standard InChI is InChI=1S/C19H21NO5S2/c1-13-6-9-18(26-13)17(21)12-25-19(22)11-20-27(23,24)16-8-7-14-4-2-3-5-15(14)10-16/h6-10,20H,2-5,11-12H2,1H3. The fourth-order valence-electron chi connectivity index (χ4n) is 2.97. The number of aryl methyl sites for hydroxylation is 3. The van der Waals surface area contributed by atoms with E-state index in [0.29, 0.717) is 4.88 Å². The number of hydrogen-bond donors (Lipinski definition) is 1. The molecule has 6 nitrogen and oxygen atoms in total. The summed E-state index contributed by atoms with van der Waals surface area (Å²) in [4.78, 5) is 25.4. The summed E-state index contributed by atoms with van der Waals surface area (Å²) in [6.07, 6.45) is 4.00. The van der Waals surface area contributed by atoms with Gasteiger partial charge in [-0.1, -0.05) is 6.07 Å². The summed E-state index contributed by atoms with van der Waals surface area (Å²) in [7, 11) is -3.81. The monoisotopic (exact) mass is 407 g/mol. The first-order chi connectivity index (χ1) is 12.8. The van der Waals surface area contributed by atoms with Crippen LogP contribution in [0, 0.1) is 6.92 Å². The zero-order chi connectivity index (χ0) is 19.4. The van der Waals surface area contributed by atoms with Gasteiger partial charge < -0.3 is 4.74 Å². The highest BCUT2D eigenvalue weighted by molar-refractivity contribution is 7.89. The van der Waals surface area contributed by atoms with E-state index in [0.717, 1.165) is 36.1 Å². The maximum atomic E-state index is 12.4. The number of nitrogens with one attached hydrogen (secondary N) is 1. The number of hydrogen-bond acceptors (Lipinski definition) is 6. The number of sulfonamides is 1. The van der Waals surface area contributed by atoms with E-state index in [1.807, 2.05) is 19.1 Å². The molecule has 1 N–H and O–H groups in total. The van der Waals surface area contributed by atoms with Gasteiger partial charge in [-0.05, 0) is 68.0 Å². The molecule has 0 unspecified atom stereocenters. The van der Waals surface area contributed by atoms with Crippen LogP contribution in [-0.2, 0) is 32.4 Å². The Morgan fingerprint density at radius 1 is 1.11 bits per heavy atom. The normalized spacial score (nSPS) is 13.8. The second-order valence-electron chi connectivity index (χ2n) is 6.46. The van der Waals surface area contributed by atoms with Gasteiger partial charge in [0, 0.05) is 4.88 Å². The first kappa shape index (κ1) is 19.7. The van der Waals surface area contributed by atoms with Crippen molar-refractivity contribution in [3.8, 4) is 0 Å². The van der Waals surface area contributed by atoms with Gasteiger partial charge in [-0.15, -0.1) is 11.3 Å². The zero-order valence-electron chi connectivity index (χ0n) is 15.0. The fraction of sp³-hybridized carbons (Fsp3) is 0.368. The molecule has 1 aliphatic carbocycles. The first-order valence-electron chi connectivity index (χ1n) is 8.72. The van der Waals surface area contributed by atoms with Gasteiger partial charge in [0.25, 0.3) is 0 Å². The molecule has 144 valence electrons. The maximum Gasteiger partial charge on any atom is 0.321 e. The number of esters is 1. The van der Waals surface area contributed by atoms with Crippen LogP contribution in [0.2, 0.25) is 0 Å². The molecule has 3 rings (SSSR count). The molecule has 0 atom stereocenters. The third-order valence-electron chi connectivity index (χ3n) is 4.42. The van der Waals surface area contributed by atoms with Gasteiger partial charge >= 0.3 is 5.97 Å². The Hall–Kier alpha value is -2.03. The molecule has 1 heterocycles.